The average Bonchev–Trinajstić information content (AvgIpc) is 2.16. The van der Waals surface area contributed by atoms with Gasteiger partial charge in [-0.15, -0.1) is 0 Å². The minimum atomic E-state index is -0.570. The highest BCUT2D eigenvalue weighted by Gasteiger charge is 2.10. The number of hydrogen-bond acceptors (Lipinski definition) is 3. The first-order valence-electron chi connectivity index (χ1n) is 4.97. The molecular weight excluding hydrogens is 166 g/mol. The molecule has 0 saturated carbocycles. The lowest BCUT2D eigenvalue weighted by Gasteiger charge is -2.05. The minimum Gasteiger partial charge on any atom is -0.321 e. The first kappa shape index (κ1) is 12.3. The van der Waals surface area contributed by atoms with E-state index in [9.17, 15) is 9.59 Å². The molecule has 0 saturated heterocycles. The molecule has 13 heavy (non-hydrogen) atoms. The predicted molar refractivity (Wildman–Crippen MR) is 52.4 cm³/mol. The summed E-state index contributed by atoms with van der Waals surface area (Å²) in [5.41, 5.74) is 5.46. The summed E-state index contributed by atoms with van der Waals surface area (Å²) in [4.78, 5) is 20.8. The SMILES string of the molecule is CCCCCCCC(N)C(=O)C=O. The van der Waals surface area contributed by atoms with Crippen molar-refractivity contribution in [2.24, 2.45) is 5.73 Å². The van der Waals surface area contributed by atoms with E-state index in [2.05, 4.69) is 6.92 Å². The van der Waals surface area contributed by atoms with Crippen molar-refractivity contribution in [3.8, 4) is 0 Å². The van der Waals surface area contributed by atoms with Gasteiger partial charge >= 0.3 is 0 Å². The van der Waals surface area contributed by atoms with Crippen molar-refractivity contribution < 1.29 is 9.59 Å². The highest BCUT2D eigenvalue weighted by atomic mass is 16.2. The fraction of sp³-hybridized carbons (Fsp3) is 0.800. The van der Waals surface area contributed by atoms with E-state index >= 15 is 0 Å². The molecule has 0 spiro atoms. The molecule has 0 aliphatic heterocycles. The molecule has 3 heteroatoms. The zero-order valence-electron chi connectivity index (χ0n) is 8.29. The molecule has 1 atom stereocenters. The second-order valence-corrected chi connectivity index (χ2v) is 3.33. The summed E-state index contributed by atoms with van der Waals surface area (Å²) in [6, 6.07) is -0.570. The Kier molecular flexibility index (Phi) is 7.50. The van der Waals surface area contributed by atoms with E-state index in [1.165, 1.54) is 19.3 Å². The lowest BCUT2D eigenvalue weighted by molar-refractivity contribution is -0.130. The summed E-state index contributed by atoms with van der Waals surface area (Å²) < 4.78 is 0. The van der Waals surface area contributed by atoms with Crippen LogP contribution in [0.3, 0.4) is 0 Å². The quantitative estimate of drug-likeness (QED) is 0.353. The van der Waals surface area contributed by atoms with E-state index in [1.54, 1.807) is 0 Å². The van der Waals surface area contributed by atoms with Crippen LogP contribution in [0.25, 0.3) is 0 Å². The number of Topliss-reactive ketones (excluding diaryl/α,β-unsaturated/α-hetero) is 1. The highest BCUT2D eigenvalue weighted by Crippen LogP contribution is 2.06. The first-order valence-corrected chi connectivity index (χ1v) is 4.97. The molecule has 0 heterocycles. The van der Waals surface area contributed by atoms with Crippen LogP contribution >= 0.6 is 0 Å². The van der Waals surface area contributed by atoms with E-state index in [0.29, 0.717) is 12.7 Å². The van der Waals surface area contributed by atoms with E-state index in [1.807, 2.05) is 0 Å². The fourth-order valence-corrected chi connectivity index (χ4v) is 1.20. The van der Waals surface area contributed by atoms with E-state index < -0.39 is 11.8 Å². The molecule has 0 aliphatic rings. The van der Waals surface area contributed by atoms with Gasteiger partial charge in [0.15, 0.2) is 6.29 Å². The summed E-state index contributed by atoms with van der Waals surface area (Å²) in [5, 5.41) is 0. The Hall–Kier alpha value is -0.700. The molecule has 0 bridgehead atoms. The summed E-state index contributed by atoms with van der Waals surface area (Å²) in [7, 11) is 0. The van der Waals surface area contributed by atoms with Crippen molar-refractivity contribution in [3.05, 3.63) is 0 Å². The van der Waals surface area contributed by atoms with Crippen LogP contribution < -0.4 is 5.73 Å². The van der Waals surface area contributed by atoms with Crippen LogP contribution in [-0.2, 0) is 9.59 Å². The molecule has 3 nitrogen and oxygen atoms in total. The Bertz CT molecular complexity index is 157. The Morgan fingerprint density at radius 2 is 1.92 bits per heavy atom. The maximum absolute atomic E-state index is 10.7. The number of carbonyl (C=O) groups is 2. The van der Waals surface area contributed by atoms with Crippen LogP contribution in [0.1, 0.15) is 45.4 Å². The van der Waals surface area contributed by atoms with E-state index in [0.717, 1.165) is 12.8 Å². The van der Waals surface area contributed by atoms with Gasteiger partial charge in [0, 0.05) is 0 Å². The van der Waals surface area contributed by atoms with Gasteiger partial charge in [-0.25, -0.2) is 0 Å². The molecule has 0 rings (SSSR count). The van der Waals surface area contributed by atoms with Crippen LogP contribution in [-0.4, -0.2) is 18.1 Å². The number of carbonyl (C=O) groups excluding carboxylic acids is 2. The van der Waals surface area contributed by atoms with E-state index in [4.69, 9.17) is 5.73 Å². The summed E-state index contributed by atoms with van der Waals surface area (Å²) >= 11 is 0. The third-order valence-corrected chi connectivity index (χ3v) is 2.10. The number of nitrogens with two attached hydrogens (primary N) is 1. The number of rotatable bonds is 8. The maximum atomic E-state index is 10.7. The molecule has 0 fully saturated rings. The summed E-state index contributed by atoms with van der Waals surface area (Å²) in [6.07, 6.45) is 6.64. The van der Waals surface area contributed by atoms with Crippen molar-refractivity contribution in [2.45, 2.75) is 51.5 Å². The van der Waals surface area contributed by atoms with Crippen molar-refractivity contribution in [2.75, 3.05) is 0 Å². The molecule has 0 amide bonds. The van der Waals surface area contributed by atoms with Gasteiger partial charge in [-0.2, -0.15) is 0 Å². The fourth-order valence-electron chi connectivity index (χ4n) is 1.20. The van der Waals surface area contributed by atoms with Crippen molar-refractivity contribution in [3.63, 3.8) is 0 Å². The van der Waals surface area contributed by atoms with Crippen LogP contribution in [0, 0.1) is 0 Å². The third kappa shape index (κ3) is 6.46. The summed E-state index contributed by atoms with van der Waals surface area (Å²) in [5.74, 6) is -0.476. The molecule has 0 aromatic rings. The van der Waals surface area contributed by atoms with Gasteiger partial charge in [-0.05, 0) is 6.42 Å². The van der Waals surface area contributed by atoms with Gasteiger partial charge in [-0.3, -0.25) is 9.59 Å². The monoisotopic (exact) mass is 185 g/mol. The van der Waals surface area contributed by atoms with Gasteiger partial charge in [0.1, 0.15) is 0 Å². The zero-order valence-corrected chi connectivity index (χ0v) is 8.29. The number of aldehydes is 1. The number of unbranched alkanes of at least 4 members (excludes halogenated alkanes) is 4. The smallest absolute Gasteiger partial charge is 0.211 e. The standard InChI is InChI=1S/C10H19NO2/c1-2-3-4-5-6-7-9(11)10(13)8-12/h8-9H,2-7,11H2,1H3. The maximum Gasteiger partial charge on any atom is 0.211 e. The molecule has 0 aliphatic carbocycles. The molecule has 2 N–H and O–H groups in total. The molecule has 76 valence electrons. The predicted octanol–water partition coefficient (Wildman–Crippen LogP) is 1.44. The first-order chi connectivity index (χ1) is 6.22. The van der Waals surface area contributed by atoms with Gasteiger partial charge in [0.2, 0.25) is 5.78 Å². The Morgan fingerprint density at radius 1 is 1.31 bits per heavy atom. The van der Waals surface area contributed by atoms with Gasteiger partial charge in [-0.1, -0.05) is 39.0 Å². The van der Waals surface area contributed by atoms with Gasteiger partial charge in [0.25, 0.3) is 0 Å². The molecule has 0 aromatic carbocycles. The second kappa shape index (κ2) is 7.92. The topological polar surface area (TPSA) is 60.2 Å². The van der Waals surface area contributed by atoms with Crippen molar-refractivity contribution in [1.82, 2.24) is 0 Å². The molecule has 0 radical (unpaired) electrons. The number of ketones is 1. The van der Waals surface area contributed by atoms with Crippen molar-refractivity contribution in [1.29, 1.82) is 0 Å². The van der Waals surface area contributed by atoms with Crippen LogP contribution in [0.5, 0.6) is 0 Å². The Balaban J connectivity index is 3.31. The molecular formula is C10H19NO2. The Labute approximate surface area is 79.7 Å². The van der Waals surface area contributed by atoms with Crippen LogP contribution in [0.2, 0.25) is 0 Å². The normalized spacial score (nSPS) is 12.5. The lowest BCUT2D eigenvalue weighted by Crippen LogP contribution is -2.31. The minimum absolute atomic E-state index is 0.316. The van der Waals surface area contributed by atoms with Gasteiger partial charge < -0.3 is 5.73 Å². The second-order valence-electron chi connectivity index (χ2n) is 3.33. The zero-order chi connectivity index (χ0) is 10.1. The van der Waals surface area contributed by atoms with Crippen LogP contribution in [0.4, 0.5) is 0 Å². The largest absolute Gasteiger partial charge is 0.321 e. The molecule has 1 unspecified atom stereocenters. The molecule has 0 aromatic heterocycles. The highest BCUT2D eigenvalue weighted by molar-refractivity contribution is 6.27. The number of hydrogen-bond donors (Lipinski definition) is 1. The van der Waals surface area contributed by atoms with Gasteiger partial charge in [0.05, 0.1) is 6.04 Å². The van der Waals surface area contributed by atoms with Crippen LogP contribution in [0.15, 0.2) is 0 Å². The van der Waals surface area contributed by atoms with Crippen molar-refractivity contribution >= 4 is 12.1 Å². The lowest BCUT2D eigenvalue weighted by atomic mass is 10.0. The summed E-state index contributed by atoms with van der Waals surface area (Å²) in [6.45, 7) is 2.15. The third-order valence-electron chi connectivity index (χ3n) is 2.10. The van der Waals surface area contributed by atoms with E-state index in [-0.39, 0.29) is 0 Å². The Morgan fingerprint density at radius 3 is 2.46 bits per heavy atom. The average molecular weight is 185 g/mol.